The highest BCUT2D eigenvalue weighted by molar-refractivity contribution is 6.10. The predicted molar refractivity (Wildman–Crippen MR) is 227 cm³/mol. The lowest BCUT2D eigenvalue weighted by atomic mass is 9.94. The van der Waals surface area contributed by atoms with E-state index in [1.807, 2.05) is 30.3 Å². The normalized spacial score (nSPS) is 11.3. The fourth-order valence-electron chi connectivity index (χ4n) is 7.60. The minimum Gasteiger partial charge on any atom is -0.309 e. The number of aromatic nitrogens is 4. The number of fused-ring (bicyclic) bond motifs is 3. The van der Waals surface area contributed by atoms with Gasteiger partial charge in [0.25, 0.3) is 0 Å². The summed E-state index contributed by atoms with van der Waals surface area (Å²) in [5, 5.41) is 2.45. The van der Waals surface area contributed by atoms with Crippen LogP contribution in [0.5, 0.6) is 0 Å². The maximum atomic E-state index is 5.12. The van der Waals surface area contributed by atoms with E-state index in [1.54, 1.807) is 0 Å². The van der Waals surface area contributed by atoms with E-state index in [0.717, 1.165) is 44.5 Å². The van der Waals surface area contributed by atoms with E-state index in [2.05, 4.69) is 180 Å². The molecular formula is C51H34N4. The standard InChI is InChI=1S/C51H34N4/c1-4-15-35(16-5-1)39-29-32-46-45-25-12-13-26-47(45)55(48(46)34-39)42-30-27-38(28-31-42)50-52-49(37-19-8-3-9-20-37)53-51(54-50)41-22-14-21-40(33-41)44-24-11-10-23-43(44)36-17-6-2-7-18-36/h1-34H. The van der Waals surface area contributed by atoms with Crippen molar-refractivity contribution in [3.63, 3.8) is 0 Å². The maximum Gasteiger partial charge on any atom is 0.164 e. The molecule has 0 spiro atoms. The molecule has 0 N–H and O–H groups in total. The molecule has 0 aliphatic rings. The fraction of sp³-hybridized carbons (Fsp3) is 0. The molecule has 0 aliphatic carbocycles. The predicted octanol–water partition coefficient (Wildman–Crippen LogP) is 13.0. The summed E-state index contributed by atoms with van der Waals surface area (Å²) in [5.41, 5.74) is 13.2. The summed E-state index contributed by atoms with van der Waals surface area (Å²) in [6, 6.07) is 72.2. The van der Waals surface area contributed by atoms with Gasteiger partial charge in [-0.15, -0.1) is 0 Å². The minimum atomic E-state index is 0.624. The van der Waals surface area contributed by atoms with Crippen LogP contribution in [0.2, 0.25) is 0 Å². The number of nitrogens with zero attached hydrogens (tertiary/aromatic N) is 4. The van der Waals surface area contributed by atoms with Crippen molar-refractivity contribution in [3.8, 4) is 73.2 Å². The highest BCUT2D eigenvalue weighted by Gasteiger charge is 2.16. The van der Waals surface area contributed by atoms with Crippen molar-refractivity contribution >= 4 is 21.8 Å². The summed E-state index contributed by atoms with van der Waals surface area (Å²) in [6.45, 7) is 0. The zero-order valence-electron chi connectivity index (χ0n) is 29.9. The summed E-state index contributed by atoms with van der Waals surface area (Å²) in [7, 11) is 0. The van der Waals surface area contributed by atoms with Gasteiger partial charge in [-0.05, 0) is 75.8 Å². The first-order valence-corrected chi connectivity index (χ1v) is 18.5. The van der Waals surface area contributed by atoms with Crippen LogP contribution in [0, 0.1) is 0 Å². The Labute approximate surface area is 319 Å². The smallest absolute Gasteiger partial charge is 0.164 e. The van der Waals surface area contributed by atoms with Crippen molar-refractivity contribution in [1.82, 2.24) is 19.5 Å². The quantitative estimate of drug-likeness (QED) is 0.166. The molecule has 2 aromatic heterocycles. The molecule has 0 unspecified atom stereocenters. The minimum absolute atomic E-state index is 0.624. The third-order valence-corrected chi connectivity index (χ3v) is 10.3. The molecule has 0 aliphatic heterocycles. The van der Waals surface area contributed by atoms with Gasteiger partial charge in [-0.1, -0.05) is 164 Å². The summed E-state index contributed by atoms with van der Waals surface area (Å²) >= 11 is 0. The molecule has 0 radical (unpaired) electrons. The third-order valence-electron chi connectivity index (χ3n) is 10.3. The summed E-state index contributed by atoms with van der Waals surface area (Å²) < 4.78 is 2.36. The van der Waals surface area contributed by atoms with E-state index in [1.165, 1.54) is 33.0 Å². The van der Waals surface area contributed by atoms with Crippen molar-refractivity contribution < 1.29 is 0 Å². The van der Waals surface area contributed by atoms with Gasteiger partial charge in [0.15, 0.2) is 17.5 Å². The van der Waals surface area contributed by atoms with Crippen molar-refractivity contribution in [2.45, 2.75) is 0 Å². The van der Waals surface area contributed by atoms with Gasteiger partial charge in [-0.3, -0.25) is 0 Å². The summed E-state index contributed by atoms with van der Waals surface area (Å²) in [5.74, 6) is 1.89. The van der Waals surface area contributed by atoms with Gasteiger partial charge in [0.2, 0.25) is 0 Å². The van der Waals surface area contributed by atoms with E-state index < -0.39 is 0 Å². The molecule has 4 heteroatoms. The molecule has 0 saturated heterocycles. The zero-order valence-corrected chi connectivity index (χ0v) is 29.9. The first-order valence-electron chi connectivity index (χ1n) is 18.5. The maximum absolute atomic E-state index is 5.12. The average Bonchev–Trinajstić information content (AvgIpc) is 3.61. The largest absolute Gasteiger partial charge is 0.309 e. The molecule has 10 rings (SSSR count). The first kappa shape index (κ1) is 32.2. The summed E-state index contributed by atoms with van der Waals surface area (Å²) in [6.07, 6.45) is 0. The number of hydrogen-bond acceptors (Lipinski definition) is 3. The van der Waals surface area contributed by atoms with E-state index in [-0.39, 0.29) is 0 Å². The second-order valence-corrected chi connectivity index (χ2v) is 13.7. The van der Waals surface area contributed by atoms with Gasteiger partial charge in [-0.25, -0.2) is 15.0 Å². The molecule has 10 aromatic rings. The van der Waals surface area contributed by atoms with Crippen LogP contribution in [0.4, 0.5) is 0 Å². The molecule has 55 heavy (non-hydrogen) atoms. The molecular weight excluding hydrogens is 669 g/mol. The van der Waals surface area contributed by atoms with Crippen LogP contribution < -0.4 is 0 Å². The molecule has 8 aromatic carbocycles. The molecule has 0 amide bonds. The van der Waals surface area contributed by atoms with Crippen molar-refractivity contribution in [2.24, 2.45) is 0 Å². The van der Waals surface area contributed by atoms with Crippen LogP contribution in [0.15, 0.2) is 206 Å². The van der Waals surface area contributed by atoms with Crippen LogP contribution >= 0.6 is 0 Å². The van der Waals surface area contributed by atoms with Crippen molar-refractivity contribution in [1.29, 1.82) is 0 Å². The third kappa shape index (κ3) is 6.06. The van der Waals surface area contributed by atoms with Gasteiger partial charge in [-0.2, -0.15) is 0 Å². The van der Waals surface area contributed by atoms with Crippen molar-refractivity contribution in [2.75, 3.05) is 0 Å². The Kier molecular flexibility index (Phi) is 8.12. The van der Waals surface area contributed by atoms with E-state index in [4.69, 9.17) is 15.0 Å². The number of rotatable bonds is 7. The highest BCUT2D eigenvalue weighted by atomic mass is 15.0. The van der Waals surface area contributed by atoms with Crippen LogP contribution in [0.25, 0.3) is 95.0 Å². The molecule has 0 bridgehead atoms. The Morgan fingerprint density at radius 3 is 1.44 bits per heavy atom. The fourth-order valence-corrected chi connectivity index (χ4v) is 7.60. The number of benzene rings is 8. The second kappa shape index (κ2) is 13.8. The Morgan fingerprint density at radius 1 is 0.273 bits per heavy atom. The lowest BCUT2D eigenvalue weighted by Crippen LogP contribution is -2.01. The van der Waals surface area contributed by atoms with Gasteiger partial charge < -0.3 is 4.57 Å². The topological polar surface area (TPSA) is 43.6 Å². The Hall–Kier alpha value is -7.43. The molecule has 0 atom stereocenters. The van der Waals surface area contributed by atoms with Crippen LogP contribution in [-0.2, 0) is 0 Å². The van der Waals surface area contributed by atoms with E-state index >= 15 is 0 Å². The Morgan fingerprint density at radius 2 is 0.745 bits per heavy atom. The van der Waals surface area contributed by atoms with Gasteiger partial charge >= 0.3 is 0 Å². The van der Waals surface area contributed by atoms with Crippen molar-refractivity contribution in [3.05, 3.63) is 206 Å². The summed E-state index contributed by atoms with van der Waals surface area (Å²) in [4.78, 5) is 15.2. The van der Waals surface area contributed by atoms with Gasteiger partial charge in [0.1, 0.15) is 0 Å². The molecule has 0 saturated carbocycles. The monoisotopic (exact) mass is 702 g/mol. The van der Waals surface area contributed by atoms with Gasteiger partial charge in [0, 0.05) is 33.2 Å². The number of para-hydroxylation sites is 1. The van der Waals surface area contributed by atoms with E-state index in [0.29, 0.717) is 17.5 Å². The first-order chi connectivity index (χ1) is 27.3. The van der Waals surface area contributed by atoms with Crippen LogP contribution in [-0.4, -0.2) is 19.5 Å². The number of hydrogen-bond donors (Lipinski definition) is 0. The zero-order chi connectivity index (χ0) is 36.6. The Bertz CT molecular complexity index is 2950. The van der Waals surface area contributed by atoms with E-state index in [9.17, 15) is 0 Å². The highest BCUT2D eigenvalue weighted by Crippen LogP contribution is 2.37. The van der Waals surface area contributed by atoms with Gasteiger partial charge in [0.05, 0.1) is 11.0 Å². The SMILES string of the molecule is c1ccc(-c2ccc3c4ccccc4n(-c4ccc(-c5nc(-c6ccccc6)nc(-c6cccc(-c7ccccc7-c7ccccc7)c6)n5)cc4)c3c2)cc1. The lowest BCUT2D eigenvalue weighted by Gasteiger charge is -2.13. The van der Waals surface area contributed by atoms with Crippen LogP contribution in [0.1, 0.15) is 0 Å². The van der Waals surface area contributed by atoms with Crippen LogP contribution in [0.3, 0.4) is 0 Å². The second-order valence-electron chi connectivity index (χ2n) is 13.7. The molecule has 4 nitrogen and oxygen atoms in total. The molecule has 258 valence electrons. The average molecular weight is 703 g/mol. The molecule has 2 heterocycles. The molecule has 0 fully saturated rings. The Balaban J connectivity index is 1.08. The lowest BCUT2D eigenvalue weighted by molar-refractivity contribution is 1.07.